The standard InChI is InChI=1S/C7H14N2/c1-6-7(2,3)5-8-9(6)4/h5-6H,1-4H3. The number of hydrogen-bond acceptors (Lipinski definition) is 2. The van der Waals surface area contributed by atoms with Crippen LogP contribution in [0.5, 0.6) is 0 Å². The van der Waals surface area contributed by atoms with Crippen molar-refractivity contribution in [2.45, 2.75) is 26.8 Å². The highest BCUT2D eigenvalue weighted by Gasteiger charge is 2.31. The molecule has 0 saturated heterocycles. The van der Waals surface area contributed by atoms with Crippen molar-refractivity contribution in [3.05, 3.63) is 0 Å². The maximum absolute atomic E-state index is 4.18. The molecule has 1 unspecified atom stereocenters. The summed E-state index contributed by atoms with van der Waals surface area (Å²) in [5, 5.41) is 6.18. The van der Waals surface area contributed by atoms with E-state index in [0.29, 0.717) is 6.04 Å². The normalized spacial score (nSPS) is 31.6. The second kappa shape index (κ2) is 1.72. The number of hydrazone groups is 1. The van der Waals surface area contributed by atoms with Gasteiger partial charge in [-0.3, -0.25) is 5.01 Å². The average molecular weight is 126 g/mol. The van der Waals surface area contributed by atoms with Crippen molar-refractivity contribution < 1.29 is 0 Å². The van der Waals surface area contributed by atoms with Crippen LogP contribution in [0.15, 0.2) is 5.10 Å². The molecule has 0 bridgehead atoms. The van der Waals surface area contributed by atoms with Gasteiger partial charge in [0.1, 0.15) is 0 Å². The molecular weight excluding hydrogens is 112 g/mol. The molecule has 1 aliphatic rings. The molecule has 1 aliphatic heterocycles. The van der Waals surface area contributed by atoms with E-state index in [0.717, 1.165) is 0 Å². The first-order valence-electron chi connectivity index (χ1n) is 3.32. The SMILES string of the molecule is CC1N(C)N=CC1(C)C. The van der Waals surface area contributed by atoms with Gasteiger partial charge in [0, 0.05) is 18.7 Å². The zero-order valence-corrected chi connectivity index (χ0v) is 6.55. The molecule has 1 heterocycles. The Morgan fingerprint density at radius 3 is 2.22 bits per heavy atom. The lowest BCUT2D eigenvalue weighted by Gasteiger charge is -2.25. The maximum atomic E-state index is 4.18. The van der Waals surface area contributed by atoms with E-state index in [-0.39, 0.29) is 5.41 Å². The zero-order valence-electron chi connectivity index (χ0n) is 6.55. The molecule has 0 aliphatic carbocycles. The molecule has 0 aromatic rings. The molecule has 0 N–H and O–H groups in total. The minimum absolute atomic E-state index is 0.259. The minimum atomic E-state index is 0.259. The lowest BCUT2D eigenvalue weighted by molar-refractivity contribution is 0.221. The van der Waals surface area contributed by atoms with Crippen LogP contribution in [-0.2, 0) is 0 Å². The van der Waals surface area contributed by atoms with Crippen LogP contribution < -0.4 is 0 Å². The first kappa shape index (κ1) is 6.59. The first-order valence-corrected chi connectivity index (χ1v) is 3.32. The summed E-state index contributed by atoms with van der Waals surface area (Å²) in [6.07, 6.45) is 2.01. The van der Waals surface area contributed by atoms with Gasteiger partial charge in [-0.05, 0) is 6.92 Å². The molecular formula is C7H14N2. The van der Waals surface area contributed by atoms with Gasteiger partial charge in [-0.2, -0.15) is 5.10 Å². The maximum Gasteiger partial charge on any atom is 0.0540 e. The monoisotopic (exact) mass is 126 g/mol. The van der Waals surface area contributed by atoms with Gasteiger partial charge in [-0.1, -0.05) is 13.8 Å². The van der Waals surface area contributed by atoms with E-state index in [1.807, 2.05) is 18.3 Å². The minimum Gasteiger partial charge on any atom is -0.297 e. The molecule has 0 amide bonds. The van der Waals surface area contributed by atoms with Gasteiger partial charge in [0.05, 0.1) is 6.04 Å². The van der Waals surface area contributed by atoms with Gasteiger partial charge in [0.15, 0.2) is 0 Å². The first-order chi connectivity index (χ1) is 4.04. The van der Waals surface area contributed by atoms with E-state index in [2.05, 4.69) is 25.9 Å². The predicted octanol–water partition coefficient (Wildman–Crippen LogP) is 1.33. The predicted molar refractivity (Wildman–Crippen MR) is 39.5 cm³/mol. The van der Waals surface area contributed by atoms with Crippen molar-refractivity contribution in [2.24, 2.45) is 10.5 Å². The molecule has 0 radical (unpaired) electrons. The summed E-state index contributed by atoms with van der Waals surface area (Å²) in [7, 11) is 2.01. The van der Waals surface area contributed by atoms with Crippen LogP contribution in [0.3, 0.4) is 0 Å². The van der Waals surface area contributed by atoms with E-state index in [4.69, 9.17) is 0 Å². The van der Waals surface area contributed by atoms with Gasteiger partial charge in [0.2, 0.25) is 0 Å². The van der Waals surface area contributed by atoms with Crippen molar-refractivity contribution >= 4 is 6.21 Å². The van der Waals surface area contributed by atoms with Crippen LogP contribution in [0, 0.1) is 5.41 Å². The molecule has 0 aromatic heterocycles. The van der Waals surface area contributed by atoms with Gasteiger partial charge in [-0.25, -0.2) is 0 Å². The Labute approximate surface area is 56.5 Å². The van der Waals surface area contributed by atoms with Crippen LogP contribution >= 0.6 is 0 Å². The van der Waals surface area contributed by atoms with Crippen LogP contribution in [-0.4, -0.2) is 24.3 Å². The fourth-order valence-electron chi connectivity index (χ4n) is 0.929. The summed E-state index contributed by atoms with van der Waals surface area (Å²) < 4.78 is 0. The number of hydrogen-bond donors (Lipinski definition) is 0. The van der Waals surface area contributed by atoms with Crippen molar-refractivity contribution in [2.75, 3.05) is 7.05 Å². The quantitative estimate of drug-likeness (QED) is 0.478. The molecule has 2 heteroatoms. The van der Waals surface area contributed by atoms with Crippen LogP contribution in [0.25, 0.3) is 0 Å². The Kier molecular flexibility index (Phi) is 1.26. The third kappa shape index (κ3) is 0.934. The van der Waals surface area contributed by atoms with Crippen molar-refractivity contribution in [1.29, 1.82) is 0 Å². The van der Waals surface area contributed by atoms with E-state index in [9.17, 15) is 0 Å². The van der Waals surface area contributed by atoms with E-state index >= 15 is 0 Å². The fraction of sp³-hybridized carbons (Fsp3) is 0.857. The highest BCUT2D eigenvalue weighted by atomic mass is 15.5. The molecule has 0 saturated carbocycles. The van der Waals surface area contributed by atoms with Crippen LogP contribution in [0.4, 0.5) is 0 Å². The van der Waals surface area contributed by atoms with Crippen LogP contribution in [0.2, 0.25) is 0 Å². The molecule has 1 atom stereocenters. The summed E-state index contributed by atoms with van der Waals surface area (Å²) in [6.45, 7) is 6.59. The van der Waals surface area contributed by atoms with E-state index in [1.165, 1.54) is 0 Å². The summed E-state index contributed by atoms with van der Waals surface area (Å²) in [6, 6.07) is 0.539. The Hall–Kier alpha value is -0.530. The number of rotatable bonds is 0. The third-order valence-corrected chi connectivity index (χ3v) is 2.21. The Balaban J connectivity index is 2.74. The lowest BCUT2D eigenvalue weighted by Crippen LogP contribution is -2.32. The molecule has 0 fully saturated rings. The van der Waals surface area contributed by atoms with Gasteiger partial charge >= 0.3 is 0 Å². The summed E-state index contributed by atoms with van der Waals surface area (Å²) in [5.41, 5.74) is 0.259. The van der Waals surface area contributed by atoms with Crippen LogP contribution in [0.1, 0.15) is 20.8 Å². The smallest absolute Gasteiger partial charge is 0.0540 e. The molecule has 0 spiro atoms. The highest BCUT2D eigenvalue weighted by Crippen LogP contribution is 2.26. The Bertz CT molecular complexity index is 138. The molecule has 0 aromatic carbocycles. The fourth-order valence-corrected chi connectivity index (χ4v) is 0.929. The second-order valence-corrected chi connectivity index (χ2v) is 3.32. The third-order valence-electron chi connectivity index (χ3n) is 2.21. The van der Waals surface area contributed by atoms with Gasteiger partial charge in [-0.15, -0.1) is 0 Å². The van der Waals surface area contributed by atoms with Gasteiger partial charge in [0.25, 0.3) is 0 Å². The molecule has 9 heavy (non-hydrogen) atoms. The largest absolute Gasteiger partial charge is 0.297 e. The summed E-state index contributed by atoms with van der Waals surface area (Å²) >= 11 is 0. The Morgan fingerprint density at radius 2 is 2.11 bits per heavy atom. The Morgan fingerprint density at radius 1 is 1.56 bits per heavy atom. The molecule has 2 nitrogen and oxygen atoms in total. The summed E-state index contributed by atoms with van der Waals surface area (Å²) in [5.74, 6) is 0. The van der Waals surface area contributed by atoms with E-state index in [1.54, 1.807) is 0 Å². The topological polar surface area (TPSA) is 15.6 Å². The molecule has 52 valence electrons. The second-order valence-electron chi connectivity index (χ2n) is 3.32. The van der Waals surface area contributed by atoms with Crippen molar-refractivity contribution in [1.82, 2.24) is 5.01 Å². The van der Waals surface area contributed by atoms with E-state index < -0.39 is 0 Å². The summed E-state index contributed by atoms with van der Waals surface area (Å²) in [4.78, 5) is 0. The lowest BCUT2D eigenvalue weighted by atomic mass is 9.88. The average Bonchev–Trinajstić information content (AvgIpc) is 1.97. The number of nitrogens with zero attached hydrogens (tertiary/aromatic N) is 2. The zero-order chi connectivity index (χ0) is 7.07. The molecule has 1 rings (SSSR count). The van der Waals surface area contributed by atoms with Crippen molar-refractivity contribution in [3.63, 3.8) is 0 Å². The highest BCUT2D eigenvalue weighted by molar-refractivity contribution is 5.67. The van der Waals surface area contributed by atoms with Crippen molar-refractivity contribution in [3.8, 4) is 0 Å². The van der Waals surface area contributed by atoms with Gasteiger partial charge < -0.3 is 0 Å².